The molecule has 326 valence electrons. The average molecular weight is 845 g/mol. The summed E-state index contributed by atoms with van der Waals surface area (Å²) in [5.74, 6) is -3.50. The van der Waals surface area contributed by atoms with Gasteiger partial charge in [-0.15, -0.1) is 0 Å². The lowest BCUT2D eigenvalue weighted by Crippen LogP contribution is -2.63. The maximum Gasteiger partial charge on any atom is 0.326 e. The minimum atomic E-state index is -1.41. The van der Waals surface area contributed by atoms with Crippen molar-refractivity contribution in [1.29, 1.82) is 0 Å². The Hall–Kier alpha value is -6.68. The van der Waals surface area contributed by atoms with E-state index in [-0.39, 0.29) is 51.2 Å². The number of hydrogen-bond acceptors (Lipinski definition) is 7. The lowest BCUT2D eigenvalue weighted by Gasteiger charge is -2.40. The number of carbonyl (C=O) groups excluding carboxylic acids is 4. The van der Waals surface area contributed by atoms with Gasteiger partial charge in [-0.1, -0.05) is 66.7 Å². The first-order chi connectivity index (χ1) is 29.9. The summed E-state index contributed by atoms with van der Waals surface area (Å²) in [6, 6.07) is 20.2. The maximum absolute atomic E-state index is 15.0. The highest BCUT2D eigenvalue weighted by Gasteiger charge is 2.51. The second-order valence-electron chi connectivity index (χ2n) is 16.4. The largest absolute Gasteiger partial charge is 0.480 e. The zero-order chi connectivity index (χ0) is 43.8. The number of aromatic nitrogens is 2. The van der Waals surface area contributed by atoms with E-state index in [0.29, 0.717) is 38.6 Å². The molecular formula is C46H56N10O6. The molecule has 2 aliphatic heterocycles. The number of rotatable bonds is 13. The Labute approximate surface area is 359 Å². The number of nitrogens with one attached hydrogen (secondary N) is 4. The summed E-state index contributed by atoms with van der Waals surface area (Å²) in [4.78, 5) is 79.8. The number of aromatic amines is 1. The van der Waals surface area contributed by atoms with Crippen LogP contribution in [0.4, 0.5) is 0 Å². The van der Waals surface area contributed by atoms with E-state index < -0.39 is 59.3 Å². The van der Waals surface area contributed by atoms with E-state index in [1.54, 1.807) is 6.20 Å². The molecule has 2 aliphatic rings. The molecule has 4 amide bonds. The summed E-state index contributed by atoms with van der Waals surface area (Å²) < 4.78 is 2.11. The summed E-state index contributed by atoms with van der Waals surface area (Å²) in [5, 5.41) is 20.9. The van der Waals surface area contributed by atoms with Gasteiger partial charge in [0.05, 0.1) is 6.04 Å². The van der Waals surface area contributed by atoms with E-state index in [2.05, 4.69) is 30.5 Å². The van der Waals surface area contributed by atoms with Crippen LogP contribution in [-0.2, 0) is 49.8 Å². The van der Waals surface area contributed by atoms with Crippen molar-refractivity contribution < 1.29 is 29.1 Å². The third kappa shape index (κ3) is 9.76. The number of carboxylic acids is 1. The highest BCUT2D eigenvalue weighted by molar-refractivity contribution is 5.98. The number of fused-ring (bicyclic) bond motifs is 7. The molecule has 5 aromatic rings. The molecule has 0 unspecified atom stereocenters. The van der Waals surface area contributed by atoms with Gasteiger partial charge in [0.15, 0.2) is 5.96 Å². The molecule has 2 aromatic heterocycles. The standard InChI is InChI=1S/C46H56N10O6/c47-34(24-29-12-2-1-3-13-29)40(57)53-37-26-31-28-55(39-18-7-5-15-33(31)39)22-9-8-19-46(20-11-23-56(46)42(59)36(52-41(37)58)17-10-21-50-45(48)49)44(62)54-38(43(60)61)25-30-27-51-35-16-6-4-14-32(30)35/h1-7,12-16,18,27-28,34,36-38,51H,8-11,17,19-26,47H2,(H,52,58)(H,53,57)(H,54,62)(H,60,61)(H4,48,49,50)/t34-,36-,37-,38-,46-/m0/s1. The van der Waals surface area contributed by atoms with Crippen LogP contribution in [0.5, 0.6) is 0 Å². The summed E-state index contributed by atoms with van der Waals surface area (Å²) in [5.41, 5.74) is 20.4. The van der Waals surface area contributed by atoms with Gasteiger partial charge in [0.2, 0.25) is 23.6 Å². The molecule has 3 aromatic carbocycles. The van der Waals surface area contributed by atoms with Crippen molar-refractivity contribution in [3.63, 3.8) is 0 Å². The number of para-hydroxylation sites is 2. The predicted molar refractivity (Wildman–Crippen MR) is 237 cm³/mol. The maximum atomic E-state index is 15.0. The van der Waals surface area contributed by atoms with Crippen LogP contribution < -0.4 is 33.2 Å². The molecule has 0 aliphatic carbocycles. The average Bonchev–Trinajstić information content (AvgIpc) is 3.98. The van der Waals surface area contributed by atoms with Crippen LogP contribution in [0, 0.1) is 0 Å². The van der Waals surface area contributed by atoms with Gasteiger partial charge in [0.25, 0.3) is 0 Å². The fourth-order valence-corrected chi connectivity index (χ4v) is 9.08. The molecule has 62 heavy (non-hydrogen) atoms. The molecule has 16 nitrogen and oxygen atoms in total. The number of aliphatic imine (C=N–C) groups is 1. The second-order valence-corrected chi connectivity index (χ2v) is 16.4. The van der Waals surface area contributed by atoms with Crippen LogP contribution in [0.15, 0.2) is 96.2 Å². The zero-order valence-corrected chi connectivity index (χ0v) is 34.7. The first kappa shape index (κ1) is 43.4. The lowest BCUT2D eigenvalue weighted by atomic mass is 9.87. The first-order valence-electron chi connectivity index (χ1n) is 21.4. The van der Waals surface area contributed by atoms with Crippen LogP contribution in [0.25, 0.3) is 21.8 Å². The Morgan fingerprint density at radius 3 is 2.40 bits per heavy atom. The number of amides is 4. The number of benzene rings is 3. The number of guanidine groups is 1. The number of hydrogen-bond donors (Lipinski definition) is 8. The van der Waals surface area contributed by atoms with Gasteiger partial charge in [0.1, 0.15) is 23.7 Å². The molecule has 2 bridgehead atoms. The number of carboxylic acid groups (broad SMARTS) is 1. The summed E-state index contributed by atoms with van der Waals surface area (Å²) in [6.45, 7) is 0.964. The van der Waals surface area contributed by atoms with Crippen LogP contribution in [0.3, 0.4) is 0 Å². The molecule has 1 fully saturated rings. The Kier molecular flexibility index (Phi) is 13.6. The topological polar surface area (TPSA) is 256 Å². The van der Waals surface area contributed by atoms with Gasteiger partial charge in [-0.05, 0) is 80.2 Å². The van der Waals surface area contributed by atoms with Crippen molar-refractivity contribution in [3.05, 3.63) is 108 Å². The van der Waals surface area contributed by atoms with E-state index in [1.807, 2.05) is 85.1 Å². The van der Waals surface area contributed by atoms with Crippen molar-refractivity contribution in [2.45, 2.75) is 100 Å². The van der Waals surface area contributed by atoms with E-state index in [9.17, 15) is 24.3 Å². The van der Waals surface area contributed by atoms with Crippen LogP contribution in [-0.4, -0.2) is 97.9 Å². The van der Waals surface area contributed by atoms with E-state index in [4.69, 9.17) is 17.2 Å². The van der Waals surface area contributed by atoms with Crippen molar-refractivity contribution in [2.24, 2.45) is 22.2 Å². The summed E-state index contributed by atoms with van der Waals surface area (Å²) in [6.07, 6.45) is 6.76. The predicted octanol–water partition coefficient (Wildman–Crippen LogP) is 2.62. The molecule has 7 rings (SSSR count). The normalized spacial score (nSPS) is 20.6. The van der Waals surface area contributed by atoms with Crippen molar-refractivity contribution in [3.8, 4) is 0 Å². The van der Waals surface area contributed by atoms with E-state index in [1.165, 1.54) is 4.90 Å². The minimum Gasteiger partial charge on any atom is -0.480 e. The number of carbonyl (C=O) groups is 5. The third-order valence-corrected chi connectivity index (χ3v) is 12.2. The highest BCUT2D eigenvalue weighted by Crippen LogP contribution is 2.36. The molecule has 0 radical (unpaired) electrons. The van der Waals surface area contributed by atoms with Crippen LogP contribution in [0.2, 0.25) is 0 Å². The molecule has 1 saturated heterocycles. The number of nitrogens with two attached hydrogens (primary N) is 3. The number of nitrogens with zero attached hydrogens (tertiary/aromatic N) is 3. The zero-order valence-electron chi connectivity index (χ0n) is 34.7. The molecule has 5 atom stereocenters. The number of aliphatic carboxylic acids is 1. The summed E-state index contributed by atoms with van der Waals surface area (Å²) in [7, 11) is 0. The van der Waals surface area contributed by atoms with E-state index >= 15 is 4.79 Å². The summed E-state index contributed by atoms with van der Waals surface area (Å²) >= 11 is 0. The third-order valence-electron chi connectivity index (χ3n) is 12.2. The number of H-pyrrole nitrogens is 1. The quantitative estimate of drug-likeness (QED) is 0.0492. The Balaban J connectivity index is 1.23. The van der Waals surface area contributed by atoms with Crippen LogP contribution >= 0.6 is 0 Å². The molecule has 4 heterocycles. The molecule has 0 saturated carbocycles. The molecule has 16 heteroatoms. The molecular weight excluding hydrogens is 789 g/mol. The van der Waals surface area contributed by atoms with Gasteiger partial charge in [0, 0.05) is 66.7 Å². The Bertz CT molecular complexity index is 2440. The van der Waals surface area contributed by atoms with E-state index in [0.717, 1.165) is 38.5 Å². The second kappa shape index (κ2) is 19.4. The monoisotopic (exact) mass is 844 g/mol. The SMILES string of the molecule is NC(N)=NCCC[C@@H]1NC(=O)[C@@H](NC(=O)[C@@H](N)Cc2ccccc2)Cc2cn(c3ccccc23)CCCC[C@@]2(C(=O)N[C@@H](Cc3c[nH]c4ccccc34)C(=O)O)CCCN2C1=O. The van der Waals surface area contributed by atoms with Crippen molar-refractivity contribution in [1.82, 2.24) is 30.4 Å². The Morgan fingerprint density at radius 1 is 0.903 bits per heavy atom. The minimum absolute atomic E-state index is 0.0176. The highest BCUT2D eigenvalue weighted by atomic mass is 16.4. The fraction of sp³-hybridized carbons (Fsp3) is 0.391. The lowest BCUT2D eigenvalue weighted by molar-refractivity contribution is -0.150. The fourth-order valence-electron chi connectivity index (χ4n) is 9.08. The van der Waals surface area contributed by atoms with Crippen molar-refractivity contribution >= 4 is 57.4 Å². The molecule has 0 spiro atoms. The van der Waals surface area contributed by atoms with Gasteiger partial charge in [-0.3, -0.25) is 24.2 Å². The van der Waals surface area contributed by atoms with Crippen molar-refractivity contribution in [2.75, 3.05) is 13.1 Å². The van der Waals surface area contributed by atoms with Gasteiger partial charge in [-0.25, -0.2) is 4.79 Å². The Morgan fingerprint density at radius 2 is 1.63 bits per heavy atom. The number of aryl methyl sites for hydroxylation is 1. The smallest absolute Gasteiger partial charge is 0.326 e. The van der Waals surface area contributed by atoms with Crippen LogP contribution in [0.1, 0.15) is 61.6 Å². The first-order valence-corrected chi connectivity index (χ1v) is 21.4. The van der Waals surface area contributed by atoms with Gasteiger partial charge in [-0.2, -0.15) is 0 Å². The molecule has 11 N–H and O–H groups in total. The van der Waals surface area contributed by atoms with Gasteiger partial charge < -0.3 is 52.7 Å². The van der Waals surface area contributed by atoms with Gasteiger partial charge >= 0.3 is 5.97 Å².